The van der Waals surface area contributed by atoms with Crippen molar-refractivity contribution in [3.8, 4) is 17.1 Å². The van der Waals surface area contributed by atoms with E-state index in [-0.39, 0.29) is 0 Å². The van der Waals surface area contributed by atoms with Crippen molar-refractivity contribution in [1.82, 2.24) is 20.0 Å². The van der Waals surface area contributed by atoms with E-state index in [1.54, 1.807) is 0 Å². The summed E-state index contributed by atoms with van der Waals surface area (Å²) in [5, 5.41) is 9.96. The zero-order chi connectivity index (χ0) is 23.1. The molecule has 4 nitrogen and oxygen atoms in total. The lowest BCUT2D eigenvalue weighted by Crippen LogP contribution is -1.98. The third-order valence-electron chi connectivity index (χ3n) is 6.70. The fourth-order valence-electron chi connectivity index (χ4n) is 4.28. The Morgan fingerprint density at radius 1 is 0.727 bits per heavy atom. The van der Waals surface area contributed by atoms with E-state index in [0.717, 1.165) is 34.4 Å². The average molecular weight is 433 g/mol. The van der Waals surface area contributed by atoms with Crippen molar-refractivity contribution in [2.75, 3.05) is 0 Å². The molecule has 5 rings (SSSR count). The van der Waals surface area contributed by atoms with Gasteiger partial charge in [-0.15, -0.1) is 5.10 Å². The quantitative estimate of drug-likeness (QED) is 0.321. The van der Waals surface area contributed by atoms with Gasteiger partial charge < -0.3 is 0 Å². The van der Waals surface area contributed by atoms with Crippen LogP contribution in [0.15, 0.2) is 66.9 Å². The predicted octanol–water partition coefficient (Wildman–Crippen LogP) is 6.62. The van der Waals surface area contributed by atoms with E-state index in [0.29, 0.717) is 0 Å². The molecule has 0 unspecified atom stereocenters. The second-order valence-electron chi connectivity index (χ2n) is 9.03. The summed E-state index contributed by atoms with van der Waals surface area (Å²) in [5.74, 6) is 0. The van der Waals surface area contributed by atoms with Gasteiger partial charge in [-0.05, 0) is 98.2 Å². The molecule has 0 aliphatic heterocycles. The lowest BCUT2D eigenvalue weighted by Gasteiger charge is -2.09. The van der Waals surface area contributed by atoms with E-state index in [1.807, 2.05) is 16.9 Å². The maximum absolute atomic E-state index is 5.02. The molecule has 0 saturated heterocycles. The summed E-state index contributed by atoms with van der Waals surface area (Å²) < 4.78 is 1.83. The molecule has 2 aromatic heterocycles. The normalized spacial score (nSPS) is 11.3. The zero-order valence-electron chi connectivity index (χ0n) is 19.8. The molecule has 0 fully saturated rings. The van der Waals surface area contributed by atoms with Crippen LogP contribution in [0.5, 0.6) is 0 Å². The number of nitrogens with zero attached hydrogens (tertiary/aromatic N) is 4. The Hall–Kier alpha value is -3.79. The molecule has 33 heavy (non-hydrogen) atoms. The van der Waals surface area contributed by atoms with Gasteiger partial charge in [0.1, 0.15) is 5.69 Å². The van der Waals surface area contributed by atoms with Gasteiger partial charge in [0.15, 0.2) is 0 Å². The Balaban J connectivity index is 1.52. The number of fused-ring (bicyclic) bond motifs is 1. The molecule has 0 radical (unpaired) electrons. The minimum absolute atomic E-state index is 0.772. The van der Waals surface area contributed by atoms with Crippen molar-refractivity contribution in [3.05, 3.63) is 106 Å². The summed E-state index contributed by atoms with van der Waals surface area (Å²) in [6, 6.07) is 21.5. The monoisotopic (exact) mass is 432 g/mol. The van der Waals surface area contributed by atoms with Gasteiger partial charge >= 0.3 is 0 Å². The fourth-order valence-corrected chi connectivity index (χ4v) is 4.28. The molecule has 5 aromatic rings. The van der Waals surface area contributed by atoms with Gasteiger partial charge in [-0.3, -0.25) is 0 Å². The van der Waals surface area contributed by atoms with Crippen LogP contribution in [0.1, 0.15) is 38.9 Å². The summed E-state index contributed by atoms with van der Waals surface area (Å²) in [4.78, 5) is 5.02. The second-order valence-corrected chi connectivity index (χ2v) is 9.03. The second kappa shape index (κ2) is 8.28. The van der Waals surface area contributed by atoms with Gasteiger partial charge in [-0.1, -0.05) is 47.7 Å². The molecule has 4 heteroatoms. The summed E-state index contributed by atoms with van der Waals surface area (Å²) >= 11 is 0. The average Bonchev–Trinajstić information content (AvgIpc) is 3.30. The standard InChI is InChI=1S/C29H28N4/c1-18-9-10-23(13-19(18)2)16-25-8-6-7-24-11-12-27(30-29(24)25)28-17-33(32-31-28)26-14-20(3)22(5)21(4)15-26/h6-15,17H,16H2,1-5H3. The van der Waals surface area contributed by atoms with Crippen molar-refractivity contribution in [2.45, 2.75) is 41.0 Å². The maximum Gasteiger partial charge on any atom is 0.131 e. The van der Waals surface area contributed by atoms with Gasteiger partial charge in [-0.2, -0.15) is 0 Å². The smallest absolute Gasteiger partial charge is 0.131 e. The molecule has 0 bridgehead atoms. The summed E-state index contributed by atoms with van der Waals surface area (Å²) in [5.41, 5.74) is 12.6. The highest BCUT2D eigenvalue weighted by Crippen LogP contribution is 2.25. The highest BCUT2D eigenvalue weighted by molar-refractivity contribution is 5.84. The number of aromatic nitrogens is 4. The van der Waals surface area contributed by atoms with Crippen LogP contribution in [0, 0.1) is 34.6 Å². The molecule has 164 valence electrons. The van der Waals surface area contributed by atoms with Gasteiger partial charge in [0.05, 0.1) is 23.1 Å². The van der Waals surface area contributed by atoms with Crippen LogP contribution in [-0.2, 0) is 6.42 Å². The summed E-state index contributed by atoms with van der Waals surface area (Å²) in [7, 11) is 0. The van der Waals surface area contributed by atoms with Gasteiger partial charge in [0.25, 0.3) is 0 Å². The molecule has 0 N–H and O–H groups in total. The van der Waals surface area contributed by atoms with Crippen LogP contribution in [-0.4, -0.2) is 20.0 Å². The predicted molar refractivity (Wildman–Crippen MR) is 135 cm³/mol. The van der Waals surface area contributed by atoms with Crippen molar-refractivity contribution in [1.29, 1.82) is 0 Å². The molecule has 3 aromatic carbocycles. The fraction of sp³-hybridized carbons (Fsp3) is 0.207. The Bertz CT molecular complexity index is 1470. The number of aryl methyl sites for hydroxylation is 4. The molecule has 0 amide bonds. The molecule has 0 aliphatic rings. The van der Waals surface area contributed by atoms with Crippen molar-refractivity contribution >= 4 is 10.9 Å². The molecule has 0 saturated carbocycles. The third-order valence-corrected chi connectivity index (χ3v) is 6.70. The minimum atomic E-state index is 0.772. The number of hydrogen-bond donors (Lipinski definition) is 0. The first kappa shape index (κ1) is 21.1. The molecule has 0 atom stereocenters. The van der Waals surface area contributed by atoms with Crippen LogP contribution in [0.25, 0.3) is 28.0 Å². The first-order chi connectivity index (χ1) is 15.9. The van der Waals surface area contributed by atoms with Crippen molar-refractivity contribution in [2.24, 2.45) is 0 Å². The van der Waals surface area contributed by atoms with Gasteiger partial charge in [0.2, 0.25) is 0 Å². The number of rotatable bonds is 4. The molecule has 0 aliphatic carbocycles. The lowest BCUT2D eigenvalue weighted by atomic mass is 9.98. The summed E-state index contributed by atoms with van der Waals surface area (Å²) in [6.45, 7) is 10.7. The zero-order valence-corrected chi connectivity index (χ0v) is 19.8. The largest absolute Gasteiger partial charge is 0.246 e. The Labute approximate surface area is 194 Å². The van der Waals surface area contributed by atoms with E-state index in [9.17, 15) is 0 Å². The topological polar surface area (TPSA) is 43.6 Å². The summed E-state index contributed by atoms with van der Waals surface area (Å²) in [6.07, 6.45) is 2.81. The number of benzene rings is 3. The van der Waals surface area contributed by atoms with Crippen LogP contribution in [0.3, 0.4) is 0 Å². The number of hydrogen-bond acceptors (Lipinski definition) is 3. The van der Waals surface area contributed by atoms with Gasteiger partial charge in [0, 0.05) is 5.39 Å². The lowest BCUT2D eigenvalue weighted by molar-refractivity contribution is 0.801. The third kappa shape index (κ3) is 4.05. The SMILES string of the molecule is Cc1ccc(Cc2cccc3ccc(-c4cn(-c5cc(C)c(C)c(C)c5)nn4)nc23)cc1C. The number of pyridine rings is 1. The maximum atomic E-state index is 5.02. The Morgan fingerprint density at radius 2 is 1.52 bits per heavy atom. The van der Waals surface area contributed by atoms with Crippen LogP contribution >= 0.6 is 0 Å². The van der Waals surface area contributed by atoms with Gasteiger partial charge in [-0.25, -0.2) is 9.67 Å². The highest BCUT2D eigenvalue weighted by atomic mass is 15.4. The van der Waals surface area contributed by atoms with E-state index in [4.69, 9.17) is 4.98 Å². The molecule has 0 spiro atoms. The van der Waals surface area contributed by atoms with E-state index < -0.39 is 0 Å². The minimum Gasteiger partial charge on any atom is -0.246 e. The first-order valence-electron chi connectivity index (χ1n) is 11.3. The van der Waals surface area contributed by atoms with Crippen LogP contribution in [0.4, 0.5) is 0 Å². The Morgan fingerprint density at radius 3 is 2.27 bits per heavy atom. The molecule has 2 heterocycles. The van der Waals surface area contributed by atoms with E-state index in [1.165, 1.54) is 38.9 Å². The van der Waals surface area contributed by atoms with E-state index in [2.05, 4.69) is 99.5 Å². The van der Waals surface area contributed by atoms with Crippen molar-refractivity contribution in [3.63, 3.8) is 0 Å². The van der Waals surface area contributed by atoms with Crippen LogP contribution < -0.4 is 0 Å². The van der Waals surface area contributed by atoms with Crippen LogP contribution in [0.2, 0.25) is 0 Å². The highest BCUT2D eigenvalue weighted by Gasteiger charge is 2.11. The number of para-hydroxylation sites is 1. The molecular formula is C29H28N4. The molecular weight excluding hydrogens is 404 g/mol. The Kier molecular flexibility index (Phi) is 5.29. The van der Waals surface area contributed by atoms with E-state index >= 15 is 0 Å². The first-order valence-corrected chi connectivity index (χ1v) is 11.3. The van der Waals surface area contributed by atoms with Crippen molar-refractivity contribution < 1.29 is 0 Å².